The maximum absolute atomic E-state index is 12.2. The van der Waals surface area contributed by atoms with Crippen molar-refractivity contribution in [3.05, 3.63) is 71.9 Å². The Morgan fingerprint density at radius 3 is 2.74 bits per heavy atom. The minimum atomic E-state index is -0.280. The van der Waals surface area contributed by atoms with E-state index in [-0.39, 0.29) is 5.91 Å². The number of aromatic nitrogens is 2. The van der Waals surface area contributed by atoms with E-state index in [0.717, 1.165) is 17.0 Å². The summed E-state index contributed by atoms with van der Waals surface area (Å²) in [5.41, 5.74) is 2.15. The highest BCUT2D eigenvalue weighted by atomic mass is 16.3. The second-order valence-electron chi connectivity index (χ2n) is 5.02. The smallest absolute Gasteiger partial charge is 0.274 e. The fraction of sp³-hybridized carbons (Fsp3) is 0.118. The summed E-state index contributed by atoms with van der Waals surface area (Å²) in [4.78, 5) is 20.5. The Bertz CT molecular complexity index is 783. The molecule has 0 saturated carbocycles. The number of aryl methyl sites for hydroxylation is 1. The van der Waals surface area contributed by atoms with E-state index in [0.29, 0.717) is 18.2 Å². The third-order valence-corrected chi connectivity index (χ3v) is 3.20. The first kappa shape index (κ1) is 14.8. The molecule has 0 aliphatic heterocycles. The molecule has 1 aromatic carbocycles. The lowest BCUT2D eigenvalue weighted by atomic mass is 10.2. The summed E-state index contributed by atoms with van der Waals surface area (Å²) in [6.07, 6.45) is 3.14. The van der Waals surface area contributed by atoms with E-state index < -0.39 is 0 Å². The van der Waals surface area contributed by atoms with E-state index in [1.807, 2.05) is 43.3 Å². The van der Waals surface area contributed by atoms with Crippen LogP contribution in [-0.2, 0) is 6.54 Å². The highest BCUT2D eigenvalue weighted by Crippen LogP contribution is 2.11. The molecule has 0 aliphatic carbocycles. The molecule has 2 heterocycles. The van der Waals surface area contributed by atoms with E-state index in [9.17, 15) is 4.79 Å². The molecule has 6 nitrogen and oxygen atoms in total. The lowest BCUT2D eigenvalue weighted by Gasteiger charge is -2.07. The van der Waals surface area contributed by atoms with Crippen molar-refractivity contribution >= 4 is 17.5 Å². The van der Waals surface area contributed by atoms with Gasteiger partial charge in [-0.3, -0.25) is 4.79 Å². The molecule has 0 unspecified atom stereocenters. The first-order chi connectivity index (χ1) is 11.2. The molecule has 2 N–H and O–H groups in total. The van der Waals surface area contributed by atoms with Crippen molar-refractivity contribution in [2.24, 2.45) is 0 Å². The average Bonchev–Trinajstić information content (AvgIpc) is 3.09. The van der Waals surface area contributed by atoms with Gasteiger partial charge in [0.25, 0.3) is 5.91 Å². The van der Waals surface area contributed by atoms with Crippen LogP contribution in [0.2, 0.25) is 0 Å². The zero-order chi connectivity index (χ0) is 16.1. The van der Waals surface area contributed by atoms with Crippen molar-refractivity contribution in [1.82, 2.24) is 9.97 Å². The minimum absolute atomic E-state index is 0.280. The van der Waals surface area contributed by atoms with Gasteiger partial charge in [-0.1, -0.05) is 17.7 Å². The molecule has 0 bridgehead atoms. The molecule has 0 saturated heterocycles. The van der Waals surface area contributed by atoms with Crippen molar-refractivity contribution in [2.45, 2.75) is 13.5 Å². The summed E-state index contributed by atoms with van der Waals surface area (Å²) in [7, 11) is 0. The SMILES string of the molecule is Cc1ccc(NC(=O)c2ccnc(NCc3ccco3)n2)cc1. The van der Waals surface area contributed by atoms with Gasteiger partial charge >= 0.3 is 0 Å². The predicted molar refractivity (Wildman–Crippen MR) is 87.2 cm³/mol. The van der Waals surface area contributed by atoms with E-state index in [2.05, 4.69) is 20.6 Å². The molecule has 0 fully saturated rings. The van der Waals surface area contributed by atoms with Gasteiger partial charge in [-0.25, -0.2) is 9.97 Å². The Morgan fingerprint density at radius 2 is 2.00 bits per heavy atom. The zero-order valence-corrected chi connectivity index (χ0v) is 12.6. The number of hydrogen-bond acceptors (Lipinski definition) is 5. The third kappa shape index (κ3) is 3.94. The summed E-state index contributed by atoms with van der Waals surface area (Å²) in [6.45, 7) is 2.45. The lowest BCUT2D eigenvalue weighted by Crippen LogP contribution is -2.15. The Hall–Kier alpha value is -3.15. The normalized spacial score (nSPS) is 10.3. The Labute approximate surface area is 133 Å². The van der Waals surface area contributed by atoms with Crippen molar-refractivity contribution in [3.63, 3.8) is 0 Å². The van der Waals surface area contributed by atoms with Gasteiger partial charge in [0, 0.05) is 11.9 Å². The van der Waals surface area contributed by atoms with Crippen molar-refractivity contribution in [3.8, 4) is 0 Å². The second-order valence-corrected chi connectivity index (χ2v) is 5.02. The van der Waals surface area contributed by atoms with Gasteiger partial charge in [-0.15, -0.1) is 0 Å². The molecule has 116 valence electrons. The van der Waals surface area contributed by atoms with Crippen LogP contribution >= 0.6 is 0 Å². The number of rotatable bonds is 5. The van der Waals surface area contributed by atoms with Gasteiger partial charge < -0.3 is 15.1 Å². The van der Waals surface area contributed by atoms with Crippen molar-refractivity contribution in [1.29, 1.82) is 0 Å². The van der Waals surface area contributed by atoms with E-state index >= 15 is 0 Å². The van der Waals surface area contributed by atoms with Crippen LogP contribution in [0.15, 0.2) is 59.3 Å². The number of hydrogen-bond donors (Lipinski definition) is 2. The molecule has 1 amide bonds. The molecule has 2 aromatic heterocycles. The number of carbonyl (C=O) groups is 1. The number of benzene rings is 1. The molecular formula is C17H16N4O2. The second kappa shape index (κ2) is 6.74. The summed E-state index contributed by atoms with van der Waals surface area (Å²) in [5.74, 6) is 0.860. The van der Waals surface area contributed by atoms with Crippen LogP contribution in [0.3, 0.4) is 0 Å². The van der Waals surface area contributed by atoms with E-state index in [1.54, 1.807) is 18.5 Å². The Kier molecular flexibility index (Phi) is 4.33. The van der Waals surface area contributed by atoms with Crippen LogP contribution in [0, 0.1) is 6.92 Å². The molecule has 0 aliphatic rings. The highest BCUT2D eigenvalue weighted by Gasteiger charge is 2.09. The van der Waals surface area contributed by atoms with E-state index in [4.69, 9.17) is 4.42 Å². The number of nitrogens with zero attached hydrogens (tertiary/aromatic N) is 2. The van der Waals surface area contributed by atoms with Gasteiger partial charge in [0.05, 0.1) is 12.8 Å². The van der Waals surface area contributed by atoms with Gasteiger partial charge in [-0.2, -0.15) is 0 Å². The summed E-state index contributed by atoms with van der Waals surface area (Å²) in [6, 6.07) is 12.8. The number of anilines is 2. The quantitative estimate of drug-likeness (QED) is 0.756. The number of furan rings is 1. The molecule has 23 heavy (non-hydrogen) atoms. The lowest BCUT2D eigenvalue weighted by molar-refractivity contribution is 0.102. The number of carbonyl (C=O) groups excluding carboxylic acids is 1. The fourth-order valence-corrected chi connectivity index (χ4v) is 1.98. The van der Waals surface area contributed by atoms with Gasteiger partial charge in [0.1, 0.15) is 11.5 Å². The first-order valence-corrected chi connectivity index (χ1v) is 7.18. The fourth-order valence-electron chi connectivity index (χ4n) is 1.98. The van der Waals surface area contributed by atoms with Crippen LogP contribution in [0.4, 0.5) is 11.6 Å². The zero-order valence-electron chi connectivity index (χ0n) is 12.6. The van der Waals surface area contributed by atoms with Gasteiger partial charge in [0.2, 0.25) is 5.95 Å². The van der Waals surface area contributed by atoms with Gasteiger partial charge in [-0.05, 0) is 37.3 Å². The van der Waals surface area contributed by atoms with Crippen LogP contribution in [-0.4, -0.2) is 15.9 Å². The maximum atomic E-state index is 12.2. The Morgan fingerprint density at radius 1 is 1.17 bits per heavy atom. The maximum Gasteiger partial charge on any atom is 0.274 e. The molecule has 3 rings (SSSR count). The molecule has 3 aromatic rings. The minimum Gasteiger partial charge on any atom is -0.467 e. The topological polar surface area (TPSA) is 80.0 Å². The highest BCUT2D eigenvalue weighted by molar-refractivity contribution is 6.02. The van der Waals surface area contributed by atoms with Crippen LogP contribution in [0.25, 0.3) is 0 Å². The van der Waals surface area contributed by atoms with Crippen LogP contribution in [0.1, 0.15) is 21.8 Å². The average molecular weight is 308 g/mol. The number of nitrogens with one attached hydrogen (secondary N) is 2. The van der Waals surface area contributed by atoms with Crippen molar-refractivity contribution in [2.75, 3.05) is 10.6 Å². The monoisotopic (exact) mass is 308 g/mol. The molecule has 0 radical (unpaired) electrons. The Balaban J connectivity index is 1.66. The predicted octanol–water partition coefficient (Wildman–Crippen LogP) is 3.24. The molecule has 0 atom stereocenters. The molecular weight excluding hydrogens is 292 g/mol. The van der Waals surface area contributed by atoms with Crippen molar-refractivity contribution < 1.29 is 9.21 Å². The largest absolute Gasteiger partial charge is 0.467 e. The summed E-state index contributed by atoms with van der Waals surface area (Å²) in [5, 5.41) is 5.82. The summed E-state index contributed by atoms with van der Waals surface area (Å²) < 4.78 is 5.22. The number of amides is 1. The molecule has 6 heteroatoms. The standard InChI is InChI=1S/C17H16N4O2/c1-12-4-6-13(7-5-12)20-16(22)15-8-9-18-17(21-15)19-11-14-3-2-10-23-14/h2-10H,11H2,1H3,(H,20,22)(H,18,19,21). The molecule has 0 spiro atoms. The van der Waals surface area contributed by atoms with E-state index in [1.165, 1.54) is 0 Å². The van der Waals surface area contributed by atoms with Crippen LogP contribution in [0.5, 0.6) is 0 Å². The van der Waals surface area contributed by atoms with Crippen LogP contribution < -0.4 is 10.6 Å². The first-order valence-electron chi connectivity index (χ1n) is 7.18. The third-order valence-electron chi connectivity index (χ3n) is 3.20. The van der Waals surface area contributed by atoms with Gasteiger partial charge in [0.15, 0.2) is 0 Å². The summed E-state index contributed by atoms with van der Waals surface area (Å²) >= 11 is 0.